The molecule has 1 atom stereocenters. The Balaban J connectivity index is 1.92. The van der Waals surface area contributed by atoms with Crippen LogP contribution < -0.4 is 4.90 Å². The molecule has 2 nitrogen and oxygen atoms in total. The van der Waals surface area contributed by atoms with E-state index in [9.17, 15) is 0 Å². The first-order valence-corrected chi connectivity index (χ1v) is 6.30. The maximum atomic E-state index is 5.64. The van der Waals surface area contributed by atoms with Crippen LogP contribution in [0.4, 0.5) is 5.69 Å². The van der Waals surface area contributed by atoms with E-state index in [1.54, 1.807) is 0 Å². The number of hydrogen-bond acceptors (Lipinski definition) is 2. The molecule has 2 aromatic rings. The summed E-state index contributed by atoms with van der Waals surface area (Å²) in [6, 6.07) is 19.5. The van der Waals surface area contributed by atoms with Crippen LogP contribution in [0.5, 0.6) is 0 Å². The Kier molecular flexibility index (Phi) is 3.03. The van der Waals surface area contributed by atoms with E-state index < -0.39 is 0 Å². The largest absolute Gasteiger partial charge is 0.359 e. The van der Waals surface area contributed by atoms with Crippen LogP contribution in [0.25, 0.3) is 0 Å². The molecule has 1 aliphatic rings. The lowest BCUT2D eigenvalue weighted by atomic mass is 10.1. The number of ether oxygens (including phenoxy) is 1. The van der Waals surface area contributed by atoms with E-state index in [4.69, 9.17) is 4.74 Å². The van der Waals surface area contributed by atoms with E-state index in [2.05, 4.69) is 66.4 Å². The number of aryl methyl sites for hydroxylation is 1. The Bertz CT molecular complexity index is 524. The van der Waals surface area contributed by atoms with Gasteiger partial charge in [0.25, 0.3) is 0 Å². The third-order valence-corrected chi connectivity index (χ3v) is 3.40. The Morgan fingerprint density at radius 2 is 1.89 bits per heavy atom. The lowest BCUT2D eigenvalue weighted by Crippen LogP contribution is -2.23. The average molecular weight is 239 g/mol. The van der Waals surface area contributed by atoms with Crippen LogP contribution >= 0.6 is 0 Å². The van der Waals surface area contributed by atoms with Crippen LogP contribution in [0.2, 0.25) is 0 Å². The second kappa shape index (κ2) is 4.83. The molecule has 3 rings (SSSR count). The molecule has 2 aromatic carbocycles. The summed E-state index contributed by atoms with van der Waals surface area (Å²) in [6.45, 7) is 3.55. The molecule has 1 aliphatic heterocycles. The first-order chi connectivity index (χ1) is 8.84. The number of hydrogen-bond donors (Lipinski definition) is 0. The summed E-state index contributed by atoms with van der Waals surface area (Å²) in [7, 11) is 0. The zero-order valence-corrected chi connectivity index (χ0v) is 10.5. The molecule has 0 aliphatic carbocycles. The van der Waals surface area contributed by atoms with Crippen LogP contribution in [0.1, 0.15) is 17.2 Å². The van der Waals surface area contributed by atoms with Crippen molar-refractivity contribution >= 4 is 5.69 Å². The molecule has 18 heavy (non-hydrogen) atoms. The summed E-state index contributed by atoms with van der Waals surface area (Å²) in [5, 5.41) is 0. The van der Waals surface area contributed by atoms with Crippen LogP contribution in [-0.4, -0.2) is 13.3 Å². The quantitative estimate of drug-likeness (QED) is 0.795. The molecule has 0 amide bonds. The van der Waals surface area contributed by atoms with Crippen molar-refractivity contribution in [2.45, 2.75) is 13.0 Å². The fraction of sp³-hybridized carbons (Fsp3) is 0.250. The third kappa shape index (κ3) is 2.12. The molecule has 0 spiro atoms. The highest BCUT2D eigenvalue weighted by molar-refractivity contribution is 5.51. The minimum atomic E-state index is 0.327. The molecule has 1 unspecified atom stereocenters. The first kappa shape index (κ1) is 11.3. The van der Waals surface area contributed by atoms with Crippen LogP contribution in [0.15, 0.2) is 54.6 Å². The zero-order valence-electron chi connectivity index (χ0n) is 10.5. The van der Waals surface area contributed by atoms with E-state index in [1.165, 1.54) is 16.8 Å². The highest BCUT2D eigenvalue weighted by Crippen LogP contribution is 2.31. The molecule has 0 radical (unpaired) electrons. The lowest BCUT2D eigenvalue weighted by Gasteiger charge is -2.25. The standard InChI is InChI=1S/C16H17NO/c1-13-6-5-9-15(10-13)17-12-18-11-16(17)14-7-3-2-4-8-14/h2-10,16H,11-12H2,1H3. The number of anilines is 1. The summed E-state index contributed by atoms with van der Waals surface area (Å²) in [4.78, 5) is 2.32. The SMILES string of the molecule is Cc1cccc(N2COCC2c2ccccc2)c1. The average Bonchev–Trinajstić information content (AvgIpc) is 2.89. The van der Waals surface area contributed by atoms with Gasteiger partial charge in [0.2, 0.25) is 0 Å². The maximum Gasteiger partial charge on any atom is 0.119 e. The summed E-state index contributed by atoms with van der Waals surface area (Å²) in [5.74, 6) is 0. The molecular formula is C16H17NO. The van der Waals surface area contributed by atoms with Crippen LogP contribution in [-0.2, 0) is 4.74 Å². The second-order valence-corrected chi connectivity index (χ2v) is 4.74. The molecule has 1 saturated heterocycles. The Morgan fingerprint density at radius 3 is 2.67 bits per heavy atom. The lowest BCUT2D eigenvalue weighted by molar-refractivity contribution is 0.194. The Labute approximate surface area is 108 Å². The monoisotopic (exact) mass is 239 g/mol. The molecule has 1 heterocycles. The van der Waals surface area contributed by atoms with Crippen molar-refractivity contribution in [1.82, 2.24) is 0 Å². The Hall–Kier alpha value is -1.80. The zero-order chi connectivity index (χ0) is 12.4. The molecule has 1 fully saturated rings. The van der Waals surface area contributed by atoms with Gasteiger partial charge in [-0.25, -0.2) is 0 Å². The second-order valence-electron chi connectivity index (χ2n) is 4.74. The predicted octanol–water partition coefficient (Wildman–Crippen LogP) is 3.53. The van der Waals surface area contributed by atoms with Gasteiger partial charge in [-0.05, 0) is 30.2 Å². The van der Waals surface area contributed by atoms with Gasteiger partial charge in [0.15, 0.2) is 0 Å². The van der Waals surface area contributed by atoms with Crippen LogP contribution in [0.3, 0.4) is 0 Å². The van der Waals surface area contributed by atoms with Gasteiger partial charge >= 0.3 is 0 Å². The summed E-state index contributed by atoms with van der Waals surface area (Å²) in [5.41, 5.74) is 3.84. The van der Waals surface area contributed by atoms with Crippen LogP contribution in [0, 0.1) is 6.92 Å². The van der Waals surface area contributed by atoms with Crippen molar-refractivity contribution in [3.05, 3.63) is 65.7 Å². The van der Waals surface area contributed by atoms with Gasteiger partial charge in [-0.3, -0.25) is 0 Å². The summed E-state index contributed by atoms with van der Waals surface area (Å²) < 4.78 is 5.64. The van der Waals surface area contributed by atoms with E-state index in [1.807, 2.05) is 0 Å². The number of benzene rings is 2. The first-order valence-electron chi connectivity index (χ1n) is 6.30. The molecule has 0 saturated carbocycles. The fourth-order valence-corrected chi connectivity index (χ4v) is 2.46. The van der Waals surface area contributed by atoms with Gasteiger partial charge in [0, 0.05) is 5.69 Å². The van der Waals surface area contributed by atoms with Gasteiger partial charge in [0.1, 0.15) is 6.73 Å². The molecule has 0 aromatic heterocycles. The van der Waals surface area contributed by atoms with E-state index in [0.717, 1.165) is 6.61 Å². The smallest absolute Gasteiger partial charge is 0.119 e. The van der Waals surface area contributed by atoms with Gasteiger partial charge in [0.05, 0.1) is 12.6 Å². The fourth-order valence-electron chi connectivity index (χ4n) is 2.46. The van der Waals surface area contributed by atoms with Gasteiger partial charge in [-0.2, -0.15) is 0 Å². The van der Waals surface area contributed by atoms with E-state index in [0.29, 0.717) is 12.8 Å². The van der Waals surface area contributed by atoms with Crippen molar-refractivity contribution < 1.29 is 4.74 Å². The highest BCUT2D eigenvalue weighted by atomic mass is 16.5. The van der Waals surface area contributed by atoms with Gasteiger partial charge in [-0.15, -0.1) is 0 Å². The number of rotatable bonds is 2. The maximum absolute atomic E-state index is 5.64. The summed E-state index contributed by atoms with van der Waals surface area (Å²) in [6.07, 6.45) is 0. The van der Waals surface area contributed by atoms with Crippen molar-refractivity contribution in [3.8, 4) is 0 Å². The predicted molar refractivity (Wildman–Crippen MR) is 73.7 cm³/mol. The van der Waals surface area contributed by atoms with Crippen molar-refractivity contribution in [3.63, 3.8) is 0 Å². The minimum Gasteiger partial charge on any atom is -0.359 e. The molecule has 2 heteroatoms. The van der Waals surface area contributed by atoms with E-state index in [-0.39, 0.29) is 0 Å². The van der Waals surface area contributed by atoms with Crippen molar-refractivity contribution in [2.75, 3.05) is 18.2 Å². The molecule has 0 bridgehead atoms. The van der Waals surface area contributed by atoms with E-state index >= 15 is 0 Å². The molecule has 0 N–H and O–H groups in total. The Morgan fingerprint density at radius 1 is 1.06 bits per heavy atom. The minimum absolute atomic E-state index is 0.327. The van der Waals surface area contributed by atoms with Crippen molar-refractivity contribution in [2.24, 2.45) is 0 Å². The van der Waals surface area contributed by atoms with Crippen molar-refractivity contribution in [1.29, 1.82) is 0 Å². The van der Waals surface area contributed by atoms with Gasteiger partial charge in [-0.1, -0.05) is 42.5 Å². The summed E-state index contributed by atoms with van der Waals surface area (Å²) >= 11 is 0. The van der Waals surface area contributed by atoms with Gasteiger partial charge < -0.3 is 9.64 Å². The number of nitrogens with zero attached hydrogens (tertiary/aromatic N) is 1. The topological polar surface area (TPSA) is 12.5 Å². The molecule has 92 valence electrons. The third-order valence-electron chi connectivity index (χ3n) is 3.40. The normalized spacial score (nSPS) is 19.2. The molecular weight excluding hydrogens is 222 g/mol. The highest BCUT2D eigenvalue weighted by Gasteiger charge is 2.26.